The van der Waals surface area contributed by atoms with Crippen LogP contribution >= 0.6 is 23.2 Å². The van der Waals surface area contributed by atoms with E-state index in [2.05, 4.69) is 10.5 Å². The number of hydrogen-bond donors (Lipinski definition) is 1. The maximum atomic E-state index is 13.0. The molecule has 0 saturated heterocycles. The van der Waals surface area contributed by atoms with E-state index in [1.54, 1.807) is 18.2 Å². The molecule has 0 bridgehead atoms. The number of nitrogens with one attached hydrogen (secondary N) is 1. The maximum absolute atomic E-state index is 13.0. The van der Waals surface area contributed by atoms with Gasteiger partial charge in [-0.15, -0.1) is 0 Å². The van der Waals surface area contributed by atoms with Crippen LogP contribution in [0.5, 0.6) is 0 Å². The van der Waals surface area contributed by atoms with Gasteiger partial charge < -0.3 is 5.43 Å². The summed E-state index contributed by atoms with van der Waals surface area (Å²) in [5, 5.41) is 7.43. The van der Waals surface area contributed by atoms with Crippen molar-refractivity contribution in [2.75, 3.05) is 6.54 Å². The lowest BCUT2D eigenvalue weighted by atomic mass is 9.89. The van der Waals surface area contributed by atoms with Crippen LogP contribution in [-0.4, -0.2) is 18.0 Å². The second kappa shape index (κ2) is 6.51. The van der Waals surface area contributed by atoms with Crippen molar-refractivity contribution in [3.05, 3.63) is 81.8 Å². The molecule has 3 aromatic rings. The summed E-state index contributed by atoms with van der Waals surface area (Å²) in [6.07, 6.45) is 0. The Balaban J connectivity index is 1.73. The van der Waals surface area contributed by atoms with Gasteiger partial charge in [0.05, 0.1) is 5.92 Å². The van der Waals surface area contributed by atoms with Gasteiger partial charge in [0.1, 0.15) is 5.71 Å². The van der Waals surface area contributed by atoms with Crippen LogP contribution in [0, 0.1) is 0 Å². The van der Waals surface area contributed by atoms with E-state index in [0.29, 0.717) is 27.9 Å². The minimum Gasteiger partial charge on any atom is -0.309 e. The summed E-state index contributed by atoms with van der Waals surface area (Å²) < 4.78 is 0. The van der Waals surface area contributed by atoms with Crippen molar-refractivity contribution in [1.29, 1.82) is 0 Å². The standard InChI is InChI=1S/C20H14Cl2N2O/c21-16-6-3-7-17(22)18(16)15-11-23-24-19(15)20(25)14-9-8-12-4-1-2-5-13(12)10-14/h1-10,15,23H,11H2/t15-/m1/s1. The molecule has 0 saturated carbocycles. The van der Waals surface area contributed by atoms with E-state index in [0.717, 1.165) is 16.3 Å². The van der Waals surface area contributed by atoms with Crippen molar-refractivity contribution in [2.45, 2.75) is 5.92 Å². The first-order valence-corrected chi connectivity index (χ1v) is 8.68. The fraction of sp³-hybridized carbons (Fsp3) is 0.100. The van der Waals surface area contributed by atoms with Crippen LogP contribution in [0.2, 0.25) is 10.0 Å². The van der Waals surface area contributed by atoms with Gasteiger partial charge >= 0.3 is 0 Å². The third kappa shape index (κ3) is 2.90. The summed E-state index contributed by atoms with van der Waals surface area (Å²) in [7, 11) is 0. The summed E-state index contributed by atoms with van der Waals surface area (Å²) >= 11 is 12.7. The van der Waals surface area contributed by atoms with Gasteiger partial charge in [0.25, 0.3) is 0 Å². The number of hydrazone groups is 1. The van der Waals surface area contributed by atoms with Gasteiger partial charge in [-0.1, -0.05) is 65.7 Å². The third-order valence-electron chi connectivity index (χ3n) is 4.42. The van der Waals surface area contributed by atoms with Crippen molar-refractivity contribution in [3.8, 4) is 0 Å². The van der Waals surface area contributed by atoms with Gasteiger partial charge in [-0.2, -0.15) is 5.10 Å². The molecule has 1 atom stereocenters. The second-order valence-electron chi connectivity index (χ2n) is 5.94. The molecule has 3 nitrogen and oxygen atoms in total. The van der Waals surface area contributed by atoms with Gasteiger partial charge in [0, 0.05) is 27.7 Å². The normalized spacial score (nSPS) is 16.6. The molecule has 0 amide bonds. The zero-order valence-electron chi connectivity index (χ0n) is 13.2. The molecule has 0 spiro atoms. The first kappa shape index (κ1) is 16.1. The van der Waals surface area contributed by atoms with Crippen LogP contribution in [0.4, 0.5) is 0 Å². The second-order valence-corrected chi connectivity index (χ2v) is 6.75. The number of carbonyl (C=O) groups is 1. The Kier molecular flexibility index (Phi) is 4.20. The molecule has 0 unspecified atom stereocenters. The third-order valence-corrected chi connectivity index (χ3v) is 5.08. The monoisotopic (exact) mass is 368 g/mol. The number of rotatable bonds is 3. The highest BCUT2D eigenvalue weighted by molar-refractivity contribution is 6.49. The predicted molar refractivity (Wildman–Crippen MR) is 103 cm³/mol. The van der Waals surface area contributed by atoms with Crippen LogP contribution in [-0.2, 0) is 0 Å². The summed E-state index contributed by atoms with van der Waals surface area (Å²) in [5.41, 5.74) is 4.69. The summed E-state index contributed by atoms with van der Waals surface area (Å²) in [6, 6.07) is 19.0. The van der Waals surface area contributed by atoms with E-state index in [9.17, 15) is 4.79 Å². The van der Waals surface area contributed by atoms with Crippen molar-refractivity contribution in [2.24, 2.45) is 5.10 Å². The number of ketones is 1. The smallest absolute Gasteiger partial charge is 0.209 e. The molecule has 0 aromatic heterocycles. The molecule has 5 heteroatoms. The molecule has 1 aliphatic heterocycles. The number of benzene rings is 3. The number of halogens is 2. The fourth-order valence-electron chi connectivity index (χ4n) is 3.17. The molecule has 0 fully saturated rings. The molecule has 0 radical (unpaired) electrons. The fourth-order valence-corrected chi connectivity index (χ4v) is 3.83. The van der Waals surface area contributed by atoms with E-state index >= 15 is 0 Å². The molecule has 0 aliphatic carbocycles. The highest BCUT2D eigenvalue weighted by atomic mass is 35.5. The van der Waals surface area contributed by atoms with Crippen LogP contribution in [0.25, 0.3) is 10.8 Å². The minimum absolute atomic E-state index is 0.114. The number of nitrogens with zero attached hydrogens (tertiary/aromatic N) is 1. The Morgan fingerprint density at radius 3 is 2.44 bits per heavy atom. The summed E-state index contributed by atoms with van der Waals surface area (Å²) in [5.74, 6) is -0.378. The minimum atomic E-state index is -0.264. The Morgan fingerprint density at radius 2 is 1.68 bits per heavy atom. The Morgan fingerprint density at radius 1 is 0.960 bits per heavy atom. The Bertz CT molecular complexity index is 993. The topological polar surface area (TPSA) is 41.5 Å². The summed E-state index contributed by atoms with van der Waals surface area (Å²) in [4.78, 5) is 13.0. The van der Waals surface area contributed by atoms with E-state index in [-0.39, 0.29) is 11.7 Å². The Labute approximate surface area is 155 Å². The van der Waals surface area contributed by atoms with E-state index < -0.39 is 0 Å². The van der Waals surface area contributed by atoms with Crippen LogP contribution in [0.1, 0.15) is 21.8 Å². The van der Waals surface area contributed by atoms with Gasteiger partial charge in [0.15, 0.2) is 0 Å². The lowest BCUT2D eigenvalue weighted by Crippen LogP contribution is -2.22. The molecule has 4 rings (SSSR count). The van der Waals surface area contributed by atoms with Gasteiger partial charge in [-0.05, 0) is 29.0 Å². The lowest BCUT2D eigenvalue weighted by molar-refractivity contribution is 0.106. The summed E-state index contributed by atoms with van der Waals surface area (Å²) in [6.45, 7) is 0.498. The highest BCUT2D eigenvalue weighted by Gasteiger charge is 2.32. The average molecular weight is 369 g/mol. The number of fused-ring (bicyclic) bond motifs is 1. The van der Waals surface area contributed by atoms with Crippen molar-refractivity contribution in [1.82, 2.24) is 5.43 Å². The van der Waals surface area contributed by atoms with E-state index in [1.165, 1.54) is 0 Å². The van der Waals surface area contributed by atoms with E-state index in [1.807, 2.05) is 42.5 Å². The predicted octanol–water partition coefficient (Wildman–Crippen LogP) is 5.07. The molecule has 25 heavy (non-hydrogen) atoms. The molecule has 124 valence electrons. The maximum Gasteiger partial charge on any atom is 0.209 e. The van der Waals surface area contributed by atoms with E-state index in [4.69, 9.17) is 23.2 Å². The molecule has 3 aromatic carbocycles. The number of carbonyl (C=O) groups excluding carboxylic acids is 1. The SMILES string of the molecule is O=C(C1=NNC[C@@H]1c1c(Cl)cccc1Cl)c1ccc2ccccc2c1. The van der Waals surface area contributed by atoms with Gasteiger partial charge in [-0.3, -0.25) is 4.79 Å². The van der Waals surface area contributed by atoms with Gasteiger partial charge in [-0.25, -0.2) is 0 Å². The number of Topliss-reactive ketones (excluding diaryl/α,β-unsaturated/α-hetero) is 1. The first-order chi connectivity index (χ1) is 12.1. The zero-order valence-corrected chi connectivity index (χ0v) is 14.7. The first-order valence-electron chi connectivity index (χ1n) is 7.93. The van der Waals surface area contributed by atoms with Crippen LogP contribution < -0.4 is 5.43 Å². The molecule has 1 aliphatic rings. The van der Waals surface area contributed by atoms with Crippen LogP contribution in [0.15, 0.2) is 65.8 Å². The molecule has 1 N–H and O–H groups in total. The average Bonchev–Trinajstić information content (AvgIpc) is 3.10. The largest absolute Gasteiger partial charge is 0.309 e. The highest BCUT2D eigenvalue weighted by Crippen LogP contribution is 2.34. The Hall–Kier alpha value is -2.36. The number of hydrogen-bond acceptors (Lipinski definition) is 3. The van der Waals surface area contributed by atoms with Crippen molar-refractivity contribution >= 4 is 45.5 Å². The zero-order chi connectivity index (χ0) is 17.4. The quantitative estimate of drug-likeness (QED) is 0.655. The lowest BCUT2D eigenvalue weighted by Gasteiger charge is -2.15. The molecular formula is C20H14Cl2N2O. The van der Waals surface area contributed by atoms with Gasteiger partial charge in [0.2, 0.25) is 5.78 Å². The van der Waals surface area contributed by atoms with Crippen molar-refractivity contribution in [3.63, 3.8) is 0 Å². The molecule has 1 heterocycles. The van der Waals surface area contributed by atoms with Crippen LogP contribution in [0.3, 0.4) is 0 Å². The molecular weight excluding hydrogens is 355 g/mol. The van der Waals surface area contributed by atoms with Crippen molar-refractivity contribution < 1.29 is 4.79 Å².